The number of aryl methyl sites for hydroxylation is 2. The number of nitrogens with zero attached hydrogens (tertiary/aromatic N) is 2. The Morgan fingerprint density at radius 1 is 1.30 bits per heavy atom. The number of rotatable bonds is 6. The summed E-state index contributed by atoms with van der Waals surface area (Å²) in [5.41, 5.74) is 2.08. The number of benzene rings is 1. The van der Waals surface area contributed by atoms with Crippen molar-refractivity contribution < 1.29 is 9.90 Å². The first-order valence-electron chi connectivity index (χ1n) is 6.51. The lowest BCUT2D eigenvalue weighted by atomic mass is 10.2. The van der Waals surface area contributed by atoms with Crippen LogP contribution in [0.2, 0.25) is 0 Å². The standard InChI is InChI=1S/C15H18N2O2S/c1-11-12(2)20-14(16-11)10-17(9-8-15(18)19)13-6-4-3-5-7-13/h3-7H,8-10H2,1-2H3,(H,18,19). The molecule has 0 unspecified atom stereocenters. The lowest BCUT2D eigenvalue weighted by Gasteiger charge is -2.23. The molecular formula is C15H18N2O2S. The van der Waals surface area contributed by atoms with E-state index in [1.165, 1.54) is 4.88 Å². The fourth-order valence-electron chi connectivity index (χ4n) is 1.94. The van der Waals surface area contributed by atoms with Crippen molar-refractivity contribution >= 4 is 23.0 Å². The van der Waals surface area contributed by atoms with Gasteiger partial charge < -0.3 is 10.0 Å². The first-order valence-corrected chi connectivity index (χ1v) is 7.32. The number of carboxylic acids is 1. The van der Waals surface area contributed by atoms with Gasteiger partial charge in [0.15, 0.2) is 0 Å². The van der Waals surface area contributed by atoms with Gasteiger partial charge in [0.05, 0.1) is 18.7 Å². The highest BCUT2D eigenvalue weighted by atomic mass is 32.1. The molecule has 1 heterocycles. The summed E-state index contributed by atoms with van der Waals surface area (Å²) in [6, 6.07) is 9.86. The number of thiazole rings is 1. The highest BCUT2D eigenvalue weighted by Crippen LogP contribution is 2.22. The molecule has 4 nitrogen and oxygen atoms in total. The lowest BCUT2D eigenvalue weighted by molar-refractivity contribution is -0.136. The van der Waals surface area contributed by atoms with Crippen LogP contribution in [0.3, 0.4) is 0 Å². The van der Waals surface area contributed by atoms with E-state index < -0.39 is 5.97 Å². The van der Waals surface area contributed by atoms with Crippen LogP contribution in [0.15, 0.2) is 30.3 Å². The van der Waals surface area contributed by atoms with Crippen molar-refractivity contribution in [1.29, 1.82) is 0 Å². The van der Waals surface area contributed by atoms with E-state index in [1.54, 1.807) is 11.3 Å². The lowest BCUT2D eigenvalue weighted by Crippen LogP contribution is -2.25. The van der Waals surface area contributed by atoms with Gasteiger partial charge in [0.25, 0.3) is 0 Å². The third kappa shape index (κ3) is 3.81. The normalized spacial score (nSPS) is 10.5. The van der Waals surface area contributed by atoms with Gasteiger partial charge in [0.2, 0.25) is 0 Å². The van der Waals surface area contributed by atoms with E-state index >= 15 is 0 Å². The molecule has 0 saturated carbocycles. The maximum absolute atomic E-state index is 10.8. The summed E-state index contributed by atoms with van der Waals surface area (Å²) >= 11 is 1.67. The second-order valence-electron chi connectivity index (χ2n) is 4.65. The Morgan fingerprint density at radius 3 is 2.55 bits per heavy atom. The number of carboxylic acid groups (broad SMARTS) is 1. The van der Waals surface area contributed by atoms with Gasteiger partial charge in [-0.25, -0.2) is 4.98 Å². The Morgan fingerprint density at radius 2 is 2.00 bits per heavy atom. The van der Waals surface area contributed by atoms with Gasteiger partial charge in [-0.3, -0.25) is 4.79 Å². The second-order valence-corrected chi connectivity index (χ2v) is 5.94. The van der Waals surface area contributed by atoms with Gasteiger partial charge in [0, 0.05) is 17.1 Å². The van der Waals surface area contributed by atoms with Crippen molar-refractivity contribution in [3.8, 4) is 0 Å². The van der Waals surface area contributed by atoms with Crippen molar-refractivity contribution in [3.63, 3.8) is 0 Å². The molecule has 1 aromatic heterocycles. The third-order valence-electron chi connectivity index (χ3n) is 3.12. The molecule has 2 aromatic rings. The van der Waals surface area contributed by atoms with Crippen LogP contribution in [-0.2, 0) is 11.3 Å². The van der Waals surface area contributed by atoms with Gasteiger partial charge in [-0.05, 0) is 26.0 Å². The van der Waals surface area contributed by atoms with Crippen molar-refractivity contribution in [2.24, 2.45) is 0 Å². The Hall–Kier alpha value is -1.88. The summed E-state index contributed by atoms with van der Waals surface area (Å²) in [5, 5.41) is 9.91. The maximum Gasteiger partial charge on any atom is 0.305 e. The summed E-state index contributed by atoms with van der Waals surface area (Å²) in [5.74, 6) is -0.780. The van der Waals surface area contributed by atoms with Gasteiger partial charge in [-0.1, -0.05) is 18.2 Å². The molecule has 2 rings (SSSR count). The Labute approximate surface area is 122 Å². The molecule has 0 bridgehead atoms. The zero-order valence-corrected chi connectivity index (χ0v) is 12.5. The number of anilines is 1. The summed E-state index contributed by atoms with van der Waals surface area (Å²) in [7, 11) is 0. The predicted molar refractivity (Wildman–Crippen MR) is 81.3 cm³/mol. The largest absolute Gasteiger partial charge is 0.481 e. The molecule has 0 fully saturated rings. The van der Waals surface area contributed by atoms with E-state index in [0.29, 0.717) is 13.1 Å². The van der Waals surface area contributed by atoms with Crippen molar-refractivity contribution in [2.75, 3.05) is 11.4 Å². The number of aliphatic carboxylic acids is 1. The fraction of sp³-hybridized carbons (Fsp3) is 0.333. The average molecular weight is 290 g/mol. The van der Waals surface area contributed by atoms with Gasteiger partial charge in [-0.15, -0.1) is 11.3 Å². The SMILES string of the molecule is Cc1nc(CN(CCC(=O)O)c2ccccc2)sc1C. The molecule has 0 aliphatic heterocycles. The highest BCUT2D eigenvalue weighted by Gasteiger charge is 2.12. The molecule has 5 heteroatoms. The van der Waals surface area contributed by atoms with E-state index in [4.69, 9.17) is 5.11 Å². The minimum Gasteiger partial charge on any atom is -0.481 e. The minimum absolute atomic E-state index is 0.123. The zero-order valence-electron chi connectivity index (χ0n) is 11.7. The molecule has 0 radical (unpaired) electrons. The summed E-state index contributed by atoms with van der Waals surface area (Å²) in [6.07, 6.45) is 0.123. The van der Waals surface area contributed by atoms with Gasteiger partial charge in [0.1, 0.15) is 5.01 Å². The molecule has 1 N–H and O–H groups in total. The molecule has 1 aromatic carbocycles. The summed E-state index contributed by atoms with van der Waals surface area (Å²) in [4.78, 5) is 18.6. The van der Waals surface area contributed by atoms with E-state index in [0.717, 1.165) is 16.4 Å². The highest BCUT2D eigenvalue weighted by molar-refractivity contribution is 7.11. The molecule has 20 heavy (non-hydrogen) atoms. The molecule has 0 spiro atoms. The predicted octanol–water partition coefficient (Wildman–Crippen LogP) is 3.24. The Kier molecular flexibility index (Phi) is 4.74. The van der Waals surface area contributed by atoms with E-state index in [1.807, 2.05) is 37.3 Å². The second kappa shape index (κ2) is 6.52. The van der Waals surface area contributed by atoms with Crippen molar-refractivity contribution in [1.82, 2.24) is 4.98 Å². The van der Waals surface area contributed by atoms with Crippen LogP contribution in [0.4, 0.5) is 5.69 Å². The Bertz CT molecular complexity index is 561. The molecule has 106 valence electrons. The molecular weight excluding hydrogens is 272 g/mol. The van der Waals surface area contributed by atoms with Crippen LogP contribution in [0.5, 0.6) is 0 Å². The van der Waals surface area contributed by atoms with E-state index in [2.05, 4.69) is 16.8 Å². The van der Waals surface area contributed by atoms with Crippen molar-refractivity contribution in [2.45, 2.75) is 26.8 Å². The molecule has 0 atom stereocenters. The number of hydrogen-bond acceptors (Lipinski definition) is 4. The monoisotopic (exact) mass is 290 g/mol. The maximum atomic E-state index is 10.8. The fourth-order valence-corrected chi connectivity index (χ4v) is 2.89. The molecule has 0 saturated heterocycles. The Balaban J connectivity index is 2.16. The van der Waals surface area contributed by atoms with Crippen molar-refractivity contribution in [3.05, 3.63) is 45.9 Å². The zero-order chi connectivity index (χ0) is 14.5. The summed E-state index contributed by atoms with van der Waals surface area (Å²) in [6.45, 7) is 5.19. The first-order chi connectivity index (χ1) is 9.56. The van der Waals surface area contributed by atoms with E-state index in [9.17, 15) is 4.79 Å². The molecule has 0 amide bonds. The molecule has 0 aliphatic rings. The van der Waals surface area contributed by atoms with Crippen LogP contribution in [0.1, 0.15) is 22.0 Å². The minimum atomic E-state index is -0.780. The van der Waals surface area contributed by atoms with Gasteiger partial charge in [-0.2, -0.15) is 0 Å². The van der Waals surface area contributed by atoms with Crippen LogP contribution in [0, 0.1) is 13.8 Å². The van der Waals surface area contributed by atoms with Crippen LogP contribution >= 0.6 is 11.3 Å². The number of hydrogen-bond donors (Lipinski definition) is 1. The van der Waals surface area contributed by atoms with Crippen LogP contribution in [0.25, 0.3) is 0 Å². The smallest absolute Gasteiger partial charge is 0.305 e. The summed E-state index contributed by atoms with van der Waals surface area (Å²) < 4.78 is 0. The van der Waals surface area contributed by atoms with Gasteiger partial charge >= 0.3 is 5.97 Å². The number of carbonyl (C=O) groups is 1. The molecule has 0 aliphatic carbocycles. The number of para-hydroxylation sites is 1. The van der Waals surface area contributed by atoms with E-state index in [-0.39, 0.29) is 6.42 Å². The van der Waals surface area contributed by atoms with Crippen LogP contribution in [-0.4, -0.2) is 22.6 Å². The van der Waals surface area contributed by atoms with Crippen LogP contribution < -0.4 is 4.90 Å². The number of aromatic nitrogens is 1. The topological polar surface area (TPSA) is 53.4 Å². The average Bonchev–Trinajstić information content (AvgIpc) is 2.74. The quantitative estimate of drug-likeness (QED) is 0.887. The first kappa shape index (κ1) is 14.5. The third-order valence-corrected chi connectivity index (χ3v) is 4.17.